The van der Waals surface area contributed by atoms with E-state index in [0.29, 0.717) is 18.5 Å². The van der Waals surface area contributed by atoms with Gasteiger partial charge in [0.25, 0.3) is 0 Å². The fourth-order valence-electron chi connectivity index (χ4n) is 2.92. The fraction of sp³-hybridized carbons (Fsp3) is 0.938. The topological polar surface area (TPSA) is 55.6 Å². The maximum absolute atomic E-state index is 11.9. The summed E-state index contributed by atoms with van der Waals surface area (Å²) >= 11 is 0. The van der Waals surface area contributed by atoms with Crippen molar-refractivity contribution in [2.24, 2.45) is 17.1 Å². The van der Waals surface area contributed by atoms with Crippen molar-refractivity contribution in [1.82, 2.24) is 4.90 Å². The van der Waals surface area contributed by atoms with E-state index in [1.807, 2.05) is 6.92 Å². The average Bonchev–Trinajstić information content (AvgIpc) is 2.43. The van der Waals surface area contributed by atoms with Gasteiger partial charge in [0, 0.05) is 20.1 Å². The zero-order chi connectivity index (χ0) is 15.4. The van der Waals surface area contributed by atoms with Gasteiger partial charge in [-0.3, -0.25) is 4.79 Å². The highest BCUT2D eigenvalue weighted by Gasteiger charge is 2.39. The van der Waals surface area contributed by atoms with Crippen LogP contribution in [0.15, 0.2) is 0 Å². The van der Waals surface area contributed by atoms with Crippen LogP contribution in [-0.2, 0) is 9.53 Å². The minimum absolute atomic E-state index is 0.0401. The van der Waals surface area contributed by atoms with Crippen LogP contribution in [0.25, 0.3) is 0 Å². The summed E-state index contributed by atoms with van der Waals surface area (Å²) in [5.74, 6) is 0.762. The van der Waals surface area contributed by atoms with E-state index in [-0.39, 0.29) is 18.1 Å². The molecule has 0 radical (unpaired) electrons. The number of amides is 1. The van der Waals surface area contributed by atoms with E-state index in [1.165, 1.54) is 0 Å². The normalized spacial score (nSPS) is 27.4. The monoisotopic (exact) mass is 284 g/mol. The molecule has 0 saturated heterocycles. The Morgan fingerprint density at radius 3 is 2.30 bits per heavy atom. The Bertz CT molecular complexity index is 315. The first kappa shape index (κ1) is 17.4. The molecule has 2 N–H and O–H groups in total. The van der Waals surface area contributed by atoms with Crippen molar-refractivity contribution in [3.05, 3.63) is 0 Å². The van der Waals surface area contributed by atoms with Crippen LogP contribution in [0.4, 0.5) is 0 Å². The van der Waals surface area contributed by atoms with Crippen molar-refractivity contribution in [3.63, 3.8) is 0 Å². The van der Waals surface area contributed by atoms with Gasteiger partial charge in [-0.15, -0.1) is 0 Å². The zero-order valence-corrected chi connectivity index (χ0v) is 13.9. The number of nitrogens with two attached hydrogens (primary N) is 1. The average molecular weight is 284 g/mol. The molecule has 0 aromatic carbocycles. The van der Waals surface area contributed by atoms with Gasteiger partial charge in [0.2, 0.25) is 5.91 Å². The Morgan fingerprint density at radius 2 is 1.90 bits per heavy atom. The summed E-state index contributed by atoms with van der Waals surface area (Å²) in [7, 11) is 1.80. The summed E-state index contributed by atoms with van der Waals surface area (Å²) in [4.78, 5) is 13.5. The predicted octanol–water partition coefficient (Wildman–Crippen LogP) is 2.42. The highest BCUT2D eigenvalue weighted by molar-refractivity contribution is 5.77. The maximum Gasteiger partial charge on any atom is 0.248 e. The molecule has 0 aromatic heterocycles. The van der Waals surface area contributed by atoms with Crippen LogP contribution in [0.5, 0.6) is 0 Å². The van der Waals surface area contributed by atoms with Crippen molar-refractivity contribution in [3.8, 4) is 0 Å². The number of nitrogens with zero attached hydrogens (tertiary/aromatic N) is 1. The lowest BCUT2D eigenvalue weighted by molar-refractivity contribution is -0.145. The van der Waals surface area contributed by atoms with Gasteiger partial charge in [-0.05, 0) is 43.9 Å². The lowest BCUT2D eigenvalue weighted by Crippen LogP contribution is -2.47. The van der Waals surface area contributed by atoms with Crippen LogP contribution in [0.3, 0.4) is 0 Å². The van der Waals surface area contributed by atoms with Gasteiger partial charge in [-0.2, -0.15) is 0 Å². The second-order valence-corrected chi connectivity index (χ2v) is 7.22. The second-order valence-electron chi connectivity index (χ2n) is 7.22. The first-order chi connectivity index (χ1) is 9.24. The molecular formula is C16H32N2O2. The van der Waals surface area contributed by atoms with Crippen LogP contribution in [0.2, 0.25) is 0 Å². The molecule has 1 aliphatic carbocycles. The van der Waals surface area contributed by atoms with Gasteiger partial charge < -0.3 is 15.4 Å². The Hall–Kier alpha value is -0.610. The molecule has 20 heavy (non-hydrogen) atoms. The summed E-state index contributed by atoms with van der Waals surface area (Å²) in [5.41, 5.74) is 6.00. The van der Waals surface area contributed by atoms with Crippen LogP contribution in [-0.4, -0.2) is 43.2 Å². The van der Waals surface area contributed by atoms with E-state index in [2.05, 4.69) is 20.8 Å². The molecule has 0 unspecified atom stereocenters. The maximum atomic E-state index is 11.9. The zero-order valence-electron chi connectivity index (χ0n) is 13.9. The summed E-state index contributed by atoms with van der Waals surface area (Å²) in [6.45, 7) is 10.2. The Labute approximate surface area is 124 Å². The summed E-state index contributed by atoms with van der Waals surface area (Å²) in [6.07, 6.45) is 4.21. The molecule has 118 valence electrons. The van der Waals surface area contributed by atoms with Gasteiger partial charge in [0.15, 0.2) is 0 Å². The Kier molecular flexibility index (Phi) is 6.02. The lowest BCUT2D eigenvalue weighted by atomic mass is 9.68. The number of carbonyl (C=O) groups excluding carboxylic acids is 1. The van der Waals surface area contributed by atoms with E-state index in [1.54, 1.807) is 11.9 Å². The van der Waals surface area contributed by atoms with E-state index >= 15 is 0 Å². The van der Waals surface area contributed by atoms with Gasteiger partial charge >= 0.3 is 0 Å². The van der Waals surface area contributed by atoms with Crippen molar-refractivity contribution < 1.29 is 9.53 Å². The first-order valence-electron chi connectivity index (χ1n) is 7.82. The molecular weight excluding hydrogens is 252 g/mol. The molecule has 1 amide bonds. The van der Waals surface area contributed by atoms with Crippen LogP contribution in [0, 0.1) is 11.3 Å². The number of hydrogen-bond donors (Lipinski definition) is 1. The van der Waals surface area contributed by atoms with Crippen LogP contribution < -0.4 is 5.73 Å². The van der Waals surface area contributed by atoms with Crippen LogP contribution >= 0.6 is 0 Å². The summed E-state index contributed by atoms with van der Waals surface area (Å²) < 4.78 is 5.95. The minimum atomic E-state index is -0.286. The molecule has 1 fully saturated rings. The second kappa shape index (κ2) is 6.90. The smallest absolute Gasteiger partial charge is 0.248 e. The van der Waals surface area contributed by atoms with E-state index < -0.39 is 0 Å². The molecule has 4 nitrogen and oxygen atoms in total. The Morgan fingerprint density at radius 1 is 1.35 bits per heavy atom. The first-order valence-corrected chi connectivity index (χ1v) is 7.82. The number of likely N-dealkylation sites (N-methyl/N-ethyl adjacent to an activating group) is 1. The third-order valence-electron chi connectivity index (χ3n) is 4.90. The third-order valence-corrected chi connectivity index (χ3v) is 4.90. The number of carbonyl (C=O) groups is 1. The van der Waals surface area contributed by atoms with Crippen molar-refractivity contribution >= 4 is 5.91 Å². The molecule has 1 aliphatic rings. The van der Waals surface area contributed by atoms with Gasteiger partial charge in [-0.25, -0.2) is 0 Å². The summed E-state index contributed by atoms with van der Waals surface area (Å²) in [6, 6.07) is 0. The van der Waals surface area contributed by atoms with Gasteiger partial charge in [0.1, 0.15) is 6.61 Å². The molecule has 0 spiro atoms. The fourth-order valence-corrected chi connectivity index (χ4v) is 2.92. The van der Waals surface area contributed by atoms with E-state index in [9.17, 15) is 4.79 Å². The third kappa shape index (κ3) is 4.45. The molecule has 0 aliphatic heterocycles. The molecule has 4 heteroatoms. The van der Waals surface area contributed by atoms with Gasteiger partial charge in [-0.1, -0.05) is 20.8 Å². The minimum Gasteiger partial charge on any atom is -0.364 e. The highest BCUT2D eigenvalue weighted by atomic mass is 16.5. The molecule has 1 rings (SSSR count). The SMILES string of the molecule is CCN(C)C(=O)COC1(CN)CCC(C(C)(C)C)CC1. The molecule has 1 saturated carbocycles. The molecule has 0 bridgehead atoms. The molecule has 0 atom stereocenters. The van der Waals surface area contributed by atoms with E-state index in [4.69, 9.17) is 10.5 Å². The Balaban J connectivity index is 2.53. The van der Waals surface area contributed by atoms with Gasteiger partial charge in [0.05, 0.1) is 5.60 Å². The van der Waals surface area contributed by atoms with E-state index in [0.717, 1.165) is 31.6 Å². The number of hydrogen-bond acceptors (Lipinski definition) is 3. The molecule has 0 heterocycles. The van der Waals surface area contributed by atoms with Crippen molar-refractivity contribution in [1.29, 1.82) is 0 Å². The largest absolute Gasteiger partial charge is 0.364 e. The van der Waals surface area contributed by atoms with Crippen molar-refractivity contribution in [2.45, 2.75) is 59.0 Å². The molecule has 0 aromatic rings. The summed E-state index contributed by atoms with van der Waals surface area (Å²) in [5, 5.41) is 0. The quantitative estimate of drug-likeness (QED) is 0.843. The number of rotatable bonds is 5. The predicted molar refractivity (Wildman–Crippen MR) is 82.5 cm³/mol. The van der Waals surface area contributed by atoms with Crippen molar-refractivity contribution in [2.75, 3.05) is 26.7 Å². The standard InChI is InChI=1S/C16H32N2O2/c1-6-18(5)14(19)11-20-16(12-17)9-7-13(8-10-16)15(2,3)4/h13H,6-12,17H2,1-5H3. The lowest BCUT2D eigenvalue weighted by Gasteiger charge is -2.43. The van der Waals surface area contributed by atoms with Crippen LogP contribution in [0.1, 0.15) is 53.4 Å². The highest BCUT2D eigenvalue weighted by Crippen LogP contribution is 2.42. The number of ether oxygens (including phenoxy) is 1.